The van der Waals surface area contributed by atoms with Gasteiger partial charge >= 0.3 is 5.97 Å². The van der Waals surface area contributed by atoms with Gasteiger partial charge in [-0.1, -0.05) is 56.3 Å². The fourth-order valence-corrected chi connectivity index (χ4v) is 3.92. The lowest BCUT2D eigenvalue weighted by Gasteiger charge is -2.30. The van der Waals surface area contributed by atoms with Gasteiger partial charge in [-0.25, -0.2) is 0 Å². The van der Waals surface area contributed by atoms with Crippen molar-refractivity contribution in [2.75, 3.05) is 13.7 Å². The van der Waals surface area contributed by atoms with Gasteiger partial charge in [0.2, 0.25) is 0 Å². The molecule has 0 spiro atoms. The van der Waals surface area contributed by atoms with Crippen molar-refractivity contribution in [3.05, 3.63) is 71.3 Å². The van der Waals surface area contributed by atoms with Crippen LogP contribution in [0.15, 0.2) is 54.6 Å². The molecule has 29 heavy (non-hydrogen) atoms. The van der Waals surface area contributed by atoms with Gasteiger partial charge in [-0.2, -0.15) is 0 Å². The molecule has 4 heteroatoms. The third-order valence-electron chi connectivity index (χ3n) is 5.49. The van der Waals surface area contributed by atoms with E-state index in [2.05, 4.69) is 26.0 Å². The lowest BCUT2D eigenvalue weighted by Crippen LogP contribution is -2.34. The second-order valence-electron chi connectivity index (χ2n) is 7.63. The molecule has 0 aromatic heterocycles. The molecule has 0 radical (unpaired) electrons. The van der Waals surface area contributed by atoms with Gasteiger partial charge in [0.15, 0.2) is 5.78 Å². The maximum absolute atomic E-state index is 13.0. The SMILES string of the molecule is CCOC(=O)[C@H]1C(=O)C=C(c2ccccc2OC)C[C@H]1c1ccc(C(C)C)cc1. The Hall–Kier alpha value is -2.88. The Morgan fingerprint density at radius 3 is 2.41 bits per heavy atom. The van der Waals surface area contributed by atoms with E-state index >= 15 is 0 Å². The number of rotatable bonds is 6. The van der Waals surface area contributed by atoms with E-state index in [1.807, 2.05) is 36.4 Å². The summed E-state index contributed by atoms with van der Waals surface area (Å²) >= 11 is 0. The van der Waals surface area contributed by atoms with Gasteiger partial charge in [-0.3, -0.25) is 9.59 Å². The number of hydrogen-bond donors (Lipinski definition) is 0. The molecule has 0 bridgehead atoms. The first kappa shape index (κ1) is 20.8. The summed E-state index contributed by atoms with van der Waals surface area (Å²) in [6.07, 6.45) is 2.15. The summed E-state index contributed by atoms with van der Waals surface area (Å²) in [6.45, 7) is 6.30. The highest BCUT2D eigenvalue weighted by molar-refractivity contribution is 6.11. The molecule has 3 rings (SSSR count). The van der Waals surface area contributed by atoms with E-state index in [9.17, 15) is 9.59 Å². The Morgan fingerprint density at radius 1 is 1.10 bits per heavy atom. The van der Waals surface area contributed by atoms with Gasteiger partial charge in [0, 0.05) is 11.5 Å². The summed E-state index contributed by atoms with van der Waals surface area (Å²) in [5.74, 6) is -0.623. The summed E-state index contributed by atoms with van der Waals surface area (Å²) in [5, 5.41) is 0. The third-order valence-corrected chi connectivity index (χ3v) is 5.49. The molecule has 0 aliphatic heterocycles. The summed E-state index contributed by atoms with van der Waals surface area (Å²) in [5.41, 5.74) is 3.96. The van der Waals surface area contributed by atoms with Crippen molar-refractivity contribution in [3.8, 4) is 5.75 Å². The highest BCUT2D eigenvalue weighted by Crippen LogP contribution is 2.42. The molecule has 0 saturated carbocycles. The van der Waals surface area contributed by atoms with E-state index in [0.29, 0.717) is 12.3 Å². The van der Waals surface area contributed by atoms with E-state index in [1.54, 1.807) is 20.1 Å². The zero-order valence-corrected chi connectivity index (χ0v) is 17.5. The molecule has 0 fully saturated rings. The second-order valence-corrected chi connectivity index (χ2v) is 7.63. The Morgan fingerprint density at radius 2 is 1.79 bits per heavy atom. The zero-order valence-electron chi connectivity index (χ0n) is 17.5. The first-order chi connectivity index (χ1) is 14.0. The standard InChI is InChI=1S/C25H28O4/c1-5-29-25(27)24-21(18-12-10-17(11-13-18)16(2)3)14-19(15-22(24)26)20-8-6-7-9-23(20)28-4/h6-13,15-16,21,24H,5,14H2,1-4H3/t21-,24+/m0/s1. The van der Waals surface area contributed by atoms with Gasteiger partial charge in [-0.15, -0.1) is 0 Å². The second kappa shape index (κ2) is 9.08. The van der Waals surface area contributed by atoms with Crippen LogP contribution in [0.1, 0.15) is 55.7 Å². The van der Waals surface area contributed by atoms with Crippen molar-refractivity contribution in [1.82, 2.24) is 0 Å². The van der Waals surface area contributed by atoms with Crippen LogP contribution in [0.5, 0.6) is 5.75 Å². The minimum absolute atomic E-state index is 0.214. The van der Waals surface area contributed by atoms with E-state index in [0.717, 1.165) is 22.4 Å². The quantitative estimate of drug-likeness (QED) is 0.505. The molecular weight excluding hydrogens is 364 g/mol. The number of methoxy groups -OCH3 is 1. The fraction of sp³-hybridized carbons (Fsp3) is 0.360. The van der Waals surface area contributed by atoms with Crippen LogP contribution in [-0.2, 0) is 14.3 Å². The molecule has 0 N–H and O–H groups in total. The molecule has 1 aliphatic rings. The first-order valence-electron chi connectivity index (χ1n) is 10.1. The third kappa shape index (κ3) is 4.42. The summed E-state index contributed by atoms with van der Waals surface area (Å²) in [6, 6.07) is 15.9. The topological polar surface area (TPSA) is 52.6 Å². The molecule has 2 aromatic rings. The van der Waals surface area contributed by atoms with Crippen LogP contribution >= 0.6 is 0 Å². The molecule has 2 aromatic carbocycles. The Kier molecular flexibility index (Phi) is 6.53. The van der Waals surface area contributed by atoms with Crippen LogP contribution in [0, 0.1) is 5.92 Å². The molecule has 0 amide bonds. The normalized spacial score (nSPS) is 19.1. The van der Waals surface area contributed by atoms with Gasteiger partial charge in [0.1, 0.15) is 11.7 Å². The number of benzene rings is 2. The summed E-state index contributed by atoms with van der Waals surface area (Å²) in [4.78, 5) is 25.7. The number of carbonyl (C=O) groups is 2. The average Bonchev–Trinajstić information content (AvgIpc) is 2.73. The first-order valence-corrected chi connectivity index (χ1v) is 10.1. The monoisotopic (exact) mass is 392 g/mol. The molecule has 0 saturated heterocycles. The van der Waals surface area contributed by atoms with Gasteiger partial charge in [0.05, 0.1) is 13.7 Å². The molecule has 2 atom stereocenters. The predicted molar refractivity (Wildman–Crippen MR) is 114 cm³/mol. The maximum atomic E-state index is 13.0. The molecule has 152 valence electrons. The van der Waals surface area contributed by atoms with Crippen LogP contribution in [0.2, 0.25) is 0 Å². The Balaban J connectivity index is 2.03. The van der Waals surface area contributed by atoms with Crippen LogP contribution in [0.25, 0.3) is 5.57 Å². The number of hydrogen-bond acceptors (Lipinski definition) is 4. The fourth-order valence-electron chi connectivity index (χ4n) is 3.92. The molecular formula is C25H28O4. The average molecular weight is 392 g/mol. The lowest BCUT2D eigenvalue weighted by atomic mass is 9.73. The van der Waals surface area contributed by atoms with Gasteiger partial charge in [-0.05, 0) is 48.1 Å². The molecule has 0 heterocycles. The number of carbonyl (C=O) groups excluding carboxylic acids is 2. The molecule has 4 nitrogen and oxygen atoms in total. The van der Waals surface area contributed by atoms with E-state index in [1.165, 1.54) is 5.56 Å². The smallest absolute Gasteiger partial charge is 0.317 e. The number of esters is 1. The van der Waals surface area contributed by atoms with Crippen LogP contribution in [0.3, 0.4) is 0 Å². The van der Waals surface area contributed by atoms with Gasteiger partial charge < -0.3 is 9.47 Å². The van der Waals surface area contributed by atoms with Crippen LogP contribution in [0.4, 0.5) is 0 Å². The largest absolute Gasteiger partial charge is 0.496 e. The predicted octanol–water partition coefficient (Wildman–Crippen LogP) is 5.14. The van der Waals surface area contributed by atoms with Crippen molar-refractivity contribution in [3.63, 3.8) is 0 Å². The van der Waals surface area contributed by atoms with E-state index in [4.69, 9.17) is 9.47 Å². The van der Waals surface area contributed by atoms with Crippen molar-refractivity contribution < 1.29 is 19.1 Å². The number of allylic oxidation sites excluding steroid dienone is 2. The summed E-state index contributed by atoms with van der Waals surface area (Å²) in [7, 11) is 1.62. The van der Waals surface area contributed by atoms with Crippen molar-refractivity contribution in [1.29, 1.82) is 0 Å². The van der Waals surface area contributed by atoms with E-state index in [-0.39, 0.29) is 18.3 Å². The van der Waals surface area contributed by atoms with E-state index < -0.39 is 11.9 Å². The number of ketones is 1. The minimum Gasteiger partial charge on any atom is -0.496 e. The summed E-state index contributed by atoms with van der Waals surface area (Å²) < 4.78 is 10.7. The number of ether oxygens (including phenoxy) is 2. The van der Waals surface area contributed by atoms with Crippen LogP contribution in [-0.4, -0.2) is 25.5 Å². The molecule has 1 aliphatic carbocycles. The minimum atomic E-state index is -0.821. The highest BCUT2D eigenvalue weighted by Gasteiger charge is 2.40. The Bertz CT molecular complexity index is 909. The van der Waals surface area contributed by atoms with Crippen molar-refractivity contribution >= 4 is 17.3 Å². The molecule has 0 unspecified atom stereocenters. The number of para-hydroxylation sites is 1. The van der Waals surface area contributed by atoms with Crippen LogP contribution < -0.4 is 4.74 Å². The Labute approximate surface area is 172 Å². The highest BCUT2D eigenvalue weighted by atomic mass is 16.5. The lowest BCUT2D eigenvalue weighted by molar-refractivity contribution is -0.151. The van der Waals surface area contributed by atoms with Crippen molar-refractivity contribution in [2.24, 2.45) is 5.92 Å². The zero-order chi connectivity index (χ0) is 21.0. The maximum Gasteiger partial charge on any atom is 0.317 e. The van der Waals surface area contributed by atoms with Crippen molar-refractivity contribution in [2.45, 2.75) is 39.0 Å². The van der Waals surface area contributed by atoms with Gasteiger partial charge in [0.25, 0.3) is 0 Å².